The fourth-order valence-electron chi connectivity index (χ4n) is 2.92. The zero-order valence-corrected chi connectivity index (χ0v) is 14.6. The third-order valence-electron chi connectivity index (χ3n) is 4.29. The minimum Gasteiger partial charge on any atom is -0.306 e. The Bertz CT molecular complexity index is 957. The van der Waals surface area contributed by atoms with Crippen LogP contribution in [0.15, 0.2) is 34.2 Å². The van der Waals surface area contributed by atoms with E-state index < -0.39 is 0 Å². The van der Waals surface area contributed by atoms with Gasteiger partial charge in [-0.3, -0.25) is 9.20 Å². The van der Waals surface area contributed by atoms with Crippen LogP contribution in [0.3, 0.4) is 0 Å². The molecule has 1 aliphatic carbocycles. The molecule has 3 aromatic rings. The Kier molecular flexibility index (Phi) is 3.88. The Balaban J connectivity index is 1.60. The van der Waals surface area contributed by atoms with Crippen molar-refractivity contribution in [3.8, 4) is 0 Å². The Morgan fingerprint density at radius 2 is 2.12 bits per heavy atom. The van der Waals surface area contributed by atoms with Gasteiger partial charge in [0.25, 0.3) is 5.56 Å². The lowest BCUT2D eigenvalue weighted by atomic mass is 10.3. The first-order chi connectivity index (χ1) is 11.7. The van der Waals surface area contributed by atoms with Gasteiger partial charge in [-0.25, -0.2) is 4.98 Å². The summed E-state index contributed by atoms with van der Waals surface area (Å²) >= 11 is 1.59. The van der Waals surface area contributed by atoms with Gasteiger partial charge >= 0.3 is 0 Å². The summed E-state index contributed by atoms with van der Waals surface area (Å²) < 4.78 is 3.81. The second-order valence-corrected chi connectivity index (χ2v) is 7.04. The Hall–Kier alpha value is -2.15. The fraction of sp³-hybridized carbons (Fsp3) is 0.412. The van der Waals surface area contributed by atoms with Crippen LogP contribution < -0.4 is 5.56 Å². The average molecular weight is 341 g/mol. The molecule has 0 saturated heterocycles. The number of thioether (sulfide) groups is 1. The van der Waals surface area contributed by atoms with Crippen molar-refractivity contribution in [2.45, 2.75) is 50.1 Å². The van der Waals surface area contributed by atoms with Gasteiger partial charge in [0.05, 0.1) is 5.69 Å². The zero-order chi connectivity index (χ0) is 16.7. The van der Waals surface area contributed by atoms with Crippen molar-refractivity contribution in [3.05, 3.63) is 51.8 Å². The second-order valence-electron chi connectivity index (χ2n) is 6.09. The summed E-state index contributed by atoms with van der Waals surface area (Å²) in [5.41, 5.74) is 2.32. The lowest BCUT2D eigenvalue weighted by Gasteiger charge is -2.08. The summed E-state index contributed by atoms with van der Waals surface area (Å²) in [6.07, 6.45) is 2.43. The molecule has 3 heterocycles. The third-order valence-corrected chi connectivity index (χ3v) is 5.29. The molecule has 1 fully saturated rings. The van der Waals surface area contributed by atoms with Gasteiger partial charge in [0.1, 0.15) is 11.5 Å². The SMILES string of the molecule is CCn1c(SCc2cc(=O)n3c(C)cccc3n2)nnc1C1CC1. The van der Waals surface area contributed by atoms with E-state index >= 15 is 0 Å². The van der Waals surface area contributed by atoms with Crippen LogP contribution in [0.5, 0.6) is 0 Å². The van der Waals surface area contributed by atoms with E-state index in [0.717, 1.165) is 28.9 Å². The largest absolute Gasteiger partial charge is 0.306 e. The maximum absolute atomic E-state index is 12.3. The van der Waals surface area contributed by atoms with Gasteiger partial charge in [-0.15, -0.1) is 10.2 Å². The Morgan fingerprint density at radius 1 is 1.29 bits per heavy atom. The van der Waals surface area contributed by atoms with E-state index in [9.17, 15) is 4.79 Å². The molecule has 0 bridgehead atoms. The van der Waals surface area contributed by atoms with Crippen molar-refractivity contribution >= 4 is 17.4 Å². The van der Waals surface area contributed by atoms with Crippen LogP contribution in [-0.2, 0) is 12.3 Å². The molecule has 0 amide bonds. The van der Waals surface area contributed by atoms with E-state index in [1.54, 1.807) is 22.2 Å². The highest BCUT2D eigenvalue weighted by atomic mass is 32.2. The monoisotopic (exact) mass is 341 g/mol. The van der Waals surface area contributed by atoms with E-state index in [-0.39, 0.29) is 5.56 Å². The highest BCUT2D eigenvalue weighted by Crippen LogP contribution is 2.40. The number of fused-ring (bicyclic) bond motifs is 1. The van der Waals surface area contributed by atoms with Crippen molar-refractivity contribution in [1.82, 2.24) is 24.1 Å². The summed E-state index contributed by atoms with van der Waals surface area (Å²) in [6.45, 7) is 4.89. The number of nitrogens with zero attached hydrogens (tertiary/aromatic N) is 5. The van der Waals surface area contributed by atoms with Crippen LogP contribution in [0.25, 0.3) is 5.65 Å². The number of aryl methyl sites for hydroxylation is 1. The molecule has 0 atom stereocenters. The van der Waals surface area contributed by atoms with Gasteiger partial charge in [0, 0.05) is 30.0 Å². The molecule has 0 radical (unpaired) electrons. The van der Waals surface area contributed by atoms with Crippen molar-refractivity contribution in [1.29, 1.82) is 0 Å². The normalized spacial score (nSPS) is 14.4. The van der Waals surface area contributed by atoms with Crippen molar-refractivity contribution < 1.29 is 0 Å². The molecule has 0 spiro atoms. The van der Waals surface area contributed by atoms with Gasteiger partial charge in [-0.1, -0.05) is 17.8 Å². The molecule has 1 saturated carbocycles. The van der Waals surface area contributed by atoms with Crippen LogP contribution in [0.4, 0.5) is 0 Å². The van der Waals surface area contributed by atoms with E-state index in [4.69, 9.17) is 0 Å². The summed E-state index contributed by atoms with van der Waals surface area (Å²) in [5.74, 6) is 2.29. The minimum atomic E-state index is -0.0377. The Labute approximate surface area is 143 Å². The number of hydrogen-bond acceptors (Lipinski definition) is 5. The molecule has 24 heavy (non-hydrogen) atoms. The Morgan fingerprint density at radius 3 is 2.88 bits per heavy atom. The first kappa shape index (κ1) is 15.4. The first-order valence-corrected chi connectivity index (χ1v) is 9.20. The van der Waals surface area contributed by atoms with E-state index in [1.165, 1.54) is 12.8 Å². The third kappa shape index (κ3) is 2.73. The average Bonchev–Trinajstić information content (AvgIpc) is 3.32. The van der Waals surface area contributed by atoms with Crippen LogP contribution in [0.2, 0.25) is 0 Å². The van der Waals surface area contributed by atoms with Crippen LogP contribution >= 0.6 is 11.8 Å². The van der Waals surface area contributed by atoms with Gasteiger partial charge in [-0.2, -0.15) is 0 Å². The highest BCUT2D eigenvalue weighted by molar-refractivity contribution is 7.98. The van der Waals surface area contributed by atoms with Crippen molar-refractivity contribution in [2.24, 2.45) is 0 Å². The van der Waals surface area contributed by atoms with Crippen LogP contribution in [-0.4, -0.2) is 24.1 Å². The predicted molar refractivity (Wildman–Crippen MR) is 93.4 cm³/mol. The summed E-state index contributed by atoms with van der Waals surface area (Å²) in [4.78, 5) is 16.9. The van der Waals surface area contributed by atoms with E-state index in [2.05, 4.69) is 26.7 Å². The molecule has 4 rings (SSSR count). The molecule has 1 aliphatic rings. The molecule has 124 valence electrons. The van der Waals surface area contributed by atoms with Crippen molar-refractivity contribution in [2.75, 3.05) is 0 Å². The van der Waals surface area contributed by atoms with Gasteiger partial charge in [0.15, 0.2) is 5.16 Å². The molecule has 0 N–H and O–H groups in total. The molecule has 3 aromatic heterocycles. The summed E-state index contributed by atoms with van der Waals surface area (Å²) in [5, 5.41) is 9.58. The fourth-order valence-corrected chi connectivity index (χ4v) is 3.83. The molecule has 7 heteroatoms. The predicted octanol–water partition coefficient (Wildman–Crippen LogP) is 2.78. The lowest BCUT2D eigenvalue weighted by Crippen LogP contribution is -2.17. The number of aromatic nitrogens is 5. The number of rotatable bonds is 5. The zero-order valence-electron chi connectivity index (χ0n) is 13.8. The molecular weight excluding hydrogens is 322 g/mol. The molecule has 6 nitrogen and oxygen atoms in total. The van der Waals surface area contributed by atoms with Gasteiger partial charge in [-0.05, 0) is 38.8 Å². The van der Waals surface area contributed by atoms with Gasteiger partial charge < -0.3 is 4.57 Å². The smallest absolute Gasteiger partial charge is 0.258 e. The summed E-state index contributed by atoms with van der Waals surface area (Å²) in [7, 11) is 0. The quantitative estimate of drug-likeness (QED) is 0.668. The molecular formula is C17H19N5OS. The summed E-state index contributed by atoms with van der Waals surface area (Å²) in [6, 6.07) is 7.31. The lowest BCUT2D eigenvalue weighted by molar-refractivity contribution is 0.643. The van der Waals surface area contributed by atoms with Crippen LogP contribution in [0.1, 0.15) is 42.9 Å². The first-order valence-electron chi connectivity index (χ1n) is 8.21. The van der Waals surface area contributed by atoms with E-state index in [0.29, 0.717) is 17.3 Å². The van der Waals surface area contributed by atoms with E-state index in [1.807, 2.05) is 25.1 Å². The maximum atomic E-state index is 12.3. The molecule has 0 aromatic carbocycles. The second kappa shape index (κ2) is 6.05. The topological polar surface area (TPSA) is 65.1 Å². The number of pyridine rings is 1. The molecule has 0 unspecified atom stereocenters. The van der Waals surface area contributed by atoms with Crippen molar-refractivity contribution in [3.63, 3.8) is 0 Å². The number of hydrogen-bond donors (Lipinski definition) is 0. The van der Waals surface area contributed by atoms with Crippen LogP contribution in [0, 0.1) is 6.92 Å². The standard InChI is InChI=1S/C17H19N5OS/c1-3-21-16(12-7-8-12)19-20-17(21)24-10-13-9-15(23)22-11(2)5-4-6-14(22)18-13/h4-6,9,12H,3,7-8,10H2,1-2H3. The minimum absolute atomic E-state index is 0.0377. The maximum Gasteiger partial charge on any atom is 0.258 e. The molecule has 0 aliphatic heterocycles. The highest BCUT2D eigenvalue weighted by Gasteiger charge is 2.29. The van der Waals surface area contributed by atoms with Gasteiger partial charge in [0.2, 0.25) is 0 Å².